The Morgan fingerprint density at radius 1 is 1.33 bits per heavy atom. The number of nitrogens with two attached hydrogens (primary N) is 1. The zero-order valence-electron chi connectivity index (χ0n) is 11.0. The van der Waals surface area contributed by atoms with Crippen LogP contribution >= 0.6 is 0 Å². The highest BCUT2D eigenvalue weighted by Gasteiger charge is 2.45. The van der Waals surface area contributed by atoms with E-state index in [1.165, 1.54) is 7.11 Å². The molecular weight excluding hydrogens is 232 g/mol. The van der Waals surface area contributed by atoms with Crippen molar-refractivity contribution in [3.8, 4) is 0 Å². The molecule has 1 aliphatic heterocycles. The van der Waals surface area contributed by atoms with Gasteiger partial charge in [0.15, 0.2) is 0 Å². The third kappa shape index (κ3) is 2.23. The number of amides is 1. The van der Waals surface area contributed by atoms with Crippen LogP contribution in [0.4, 0.5) is 0 Å². The number of carbonyl (C=O) groups excluding carboxylic acids is 2. The smallest absolute Gasteiger partial charge is 0.308 e. The molecule has 0 aromatic heterocycles. The van der Waals surface area contributed by atoms with Crippen molar-refractivity contribution in [2.24, 2.45) is 17.1 Å². The number of carbonyl (C=O) groups is 2. The van der Waals surface area contributed by atoms with Crippen molar-refractivity contribution in [1.82, 2.24) is 4.90 Å². The zero-order chi connectivity index (χ0) is 13.2. The highest BCUT2D eigenvalue weighted by atomic mass is 16.5. The maximum atomic E-state index is 12.4. The van der Waals surface area contributed by atoms with Crippen LogP contribution in [-0.2, 0) is 14.3 Å². The standard InChI is InChI=1S/C13H22N2O3/c1-18-11(16)10-3-7-15(8-4-10)12(17)13(9-14)5-2-6-13/h10H,2-9,14H2,1H3. The van der Waals surface area contributed by atoms with Gasteiger partial charge in [0.2, 0.25) is 5.91 Å². The lowest BCUT2D eigenvalue weighted by Gasteiger charge is -2.44. The molecule has 2 fully saturated rings. The molecular formula is C13H22N2O3. The van der Waals surface area contributed by atoms with E-state index in [4.69, 9.17) is 10.5 Å². The van der Waals surface area contributed by atoms with Crippen LogP contribution in [0, 0.1) is 11.3 Å². The molecule has 2 rings (SSSR count). The molecule has 0 radical (unpaired) electrons. The van der Waals surface area contributed by atoms with Crippen LogP contribution < -0.4 is 5.73 Å². The molecule has 102 valence electrons. The summed E-state index contributed by atoms with van der Waals surface area (Å²) in [4.78, 5) is 25.7. The molecule has 0 unspecified atom stereocenters. The average Bonchev–Trinajstić information content (AvgIpc) is 2.37. The summed E-state index contributed by atoms with van der Waals surface area (Å²) < 4.78 is 4.74. The lowest BCUT2D eigenvalue weighted by atomic mass is 9.67. The van der Waals surface area contributed by atoms with E-state index in [0.29, 0.717) is 32.5 Å². The van der Waals surface area contributed by atoms with Gasteiger partial charge in [-0.25, -0.2) is 0 Å². The van der Waals surface area contributed by atoms with Gasteiger partial charge < -0.3 is 15.4 Å². The van der Waals surface area contributed by atoms with Gasteiger partial charge in [-0.15, -0.1) is 0 Å². The second-order valence-electron chi connectivity index (χ2n) is 5.43. The van der Waals surface area contributed by atoms with Gasteiger partial charge in [-0.05, 0) is 25.7 Å². The lowest BCUT2D eigenvalue weighted by molar-refractivity contribution is -0.153. The predicted molar refractivity (Wildman–Crippen MR) is 66.7 cm³/mol. The summed E-state index contributed by atoms with van der Waals surface area (Å²) in [6.07, 6.45) is 4.35. The molecule has 0 bridgehead atoms. The normalized spacial score (nSPS) is 23.3. The van der Waals surface area contributed by atoms with Crippen LogP contribution in [0.3, 0.4) is 0 Å². The van der Waals surface area contributed by atoms with Crippen molar-refractivity contribution in [2.75, 3.05) is 26.7 Å². The fraction of sp³-hybridized carbons (Fsp3) is 0.846. The van der Waals surface area contributed by atoms with E-state index in [0.717, 1.165) is 19.3 Å². The predicted octanol–water partition coefficient (Wildman–Crippen LogP) is 0.527. The first-order valence-electron chi connectivity index (χ1n) is 6.70. The van der Waals surface area contributed by atoms with Gasteiger partial charge in [0.05, 0.1) is 18.4 Å². The Labute approximate surface area is 108 Å². The van der Waals surface area contributed by atoms with E-state index in [2.05, 4.69) is 0 Å². The van der Waals surface area contributed by atoms with E-state index in [1.807, 2.05) is 4.90 Å². The highest BCUT2D eigenvalue weighted by Crippen LogP contribution is 2.42. The summed E-state index contributed by atoms with van der Waals surface area (Å²) in [5, 5.41) is 0. The van der Waals surface area contributed by atoms with Crippen LogP contribution in [0.1, 0.15) is 32.1 Å². The maximum absolute atomic E-state index is 12.4. The lowest BCUT2D eigenvalue weighted by Crippen LogP contribution is -2.54. The molecule has 5 nitrogen and oxygen atoms in total. The number of ether oxygens (including phenoxy) is 1. The monoisotopic (exact) mass is 254 g/mol. The molecule has 18 heavy (non-hydrogen) atoms. The van der Waals surface area contributed by atoms with Gasteiger partial charge >= 0.3 is 5.97 Å². The van der Waals surface area contributed by atoms with Crippen LogP contribution in [0.25, 0.3) is 0 Å². The molecule has 0 aromatic rings. The van der Waals surface area contributed by atoms with E-state index in [-0.39, 0.29) is 23.2 Å². The Bertz CT molecular complexity index is 326. The molecule has 1 amide bonds. The first-order chi connectivity index (χ1) is 8.63. The van der Waals surface area contributed by atoms with Crippen LogP contribution in [0.5, 0.6) is 0 Å². The second kappa shape index (κ2) is 5.26. The first-order valence-corrected chi connectivity index (χ1v) is 6.70. The number of piperidine rings is 1. The van der Waals surface area contributed by atoms with Gasteiger partial charge in [0.25, 0.3) is 0 Å². The van der Waals surface area contributed by atoms with Gasteiger partial charge in [-0.2, -0.15) is 0 Å². The summed E-state index contributed by atoms with van der Waals surface area (Å²) in [5.74, 6) is -0.00638. The fourth-order valence-electron chi connectivity index (χ4n) is 2.93. The minimum atomic E-state index is -0.294. The Morgan fingerprint density at radius 3 is 2.33 bits per heavy atom. The molecule has 1 saturated carbocycles. The minimum absolute atomic E-state index is 0.0470. The second-order valence-corrected chi connectivity index (χ2v) is 5.43. The quantitative estimate of drug-likeness (QED) is 0.746. The molecule has 1 saturated heterocycles. The van der Waals surface area contributed by atoms with Crippen LogP contribution in [-0.4, -0.2) is 43.5 Å². The molecule has 2 aliphatic rings. The van der Waals surface area contributed by atoms with Crippen molar-refractivity contribution in [2.45, 2.75) is 32.1 Å². The summed E-state index contributed by atoms with van der Waals surface area (Å²) in [6.45, 7) is 1.75. The zero-order valence-corrected chi connectivity index (χ0v) is 11.0. The topological polar surface area (TPSA) is 72.6 Å². The Morgan fingerprint density at radius 2 is 1.94 bits per heavy atom. The summed E-state index contributed by atoms with van der Waals surface area (Å²) in [5.41, 5.74) is 5.46. The minimum Gasteiger partial charge on any atom is -0.469 e. The van der Waals surface area contributed by atoms with Crippen molar-refractivity contribution in [1.29, 1.82) is 0 Å². The Kier molecular flexibility index (Phi) is 3.90. The number of esters is 1. The molecule has 0 spiro atoms. The summed E-state index contributed by atoms with van der Waals surface area (Å²) in [6, 6.07) is 0. The fourth-order valence-corrected chi connectivity index (χ4v) is 2.93. The molecule has 1 heterocycles. The summed E-state index contributed by atoms with van der Waals surface area (Å²) in [7, 11) is 1.41. The number of likely N-dealkylation sites (tertiary alicyclic amines) is 1. The molecule has 2 N–H and O–H groups in total. The highest BCUT2D eigenvalue weighted by molar-refractivity contribution is 5.84. The summed E-state index contributed by atoms with van der Waals surface area (Å²) >= 11 is 0. The molecule has 1 aliphatic carbocycles. The molecule has 5 heteroatoms. The first kappa shape index (κ1) is 13.3. The van der Waals surface area contributed by atoms with Crippen molar-refractivity contribution >= 4 is 11.9 Å². The van der Waals surface area contributed by atoms with E-state index in [9.17, 15) is 9.59 Å². The van der Waals surface area contributed by atoms with Gasteiger partial charge in [0.1, 0.15) is 0 Å². The van der Waals surface area contributed by atoms with Crippen LogP contribution in [0.2, 0.25) is 0 Å². The van der Waals surface area contributed by atoms with Gasteiger partial charge in [0, 0.05) is 19.6 Å². The molecule has 0 atom stereocenters. The molecule has 0 aromatic carbocycles. The number of methoxy groups -OCH3 is 1. The number of hydrogen-bond donors (Lipinski definition) is 1. The third-order valence-electron chi connectivity index (χ3n) is 4.47. The van der Waals surface area contributed by atoms with Crippen molar-refractivity contribution in [3.63, 3.8) is 0 Å². The largest absolute Gasteiger partial charge is 0.469 e. The Balaban J connectivity index is 1.90. The number of hydrogen-bond acceptors (Lipinski definition) is 4. The third-order valence-corrected chi connectivity index (χ3v) is 4.47. The Hall–Kier alpha value is -1.10. The van der Waals surface area contributed by atoms with E-state index in [1.54, 1.807) is 0 Å². The van der Waals surface area contributed by atoms with Crippen molar-refractivity contribution < 1.29 is 14.3 Å². The van der Waals surface area contributed by atoms with E-state index < -0.39 is 0 Å². The van der Waals surface area contributed by atoms with Crippen molar-refractivity contribution in [3.05, 3.63) is 0 Å². The number of nitrogens with zero attached hydrogens (tertiary/aromatic N) is 1. The average molecular weight is 254 g/mol. The van der Waals surface area contributed by atoms with E-state index >= 15 is 0 Å². The van der Waals surface area contributed by atoms with Gasteiger partial charge in [-0.3, -0.25) is 9.59 Å². The number of rotatable bonds is 3. The van der Waals surface area contributed by atoms with Gasteiger partial charge in [-0.1, -0.05) is 6.42 Å². The van der Waals surface area contributed by atoms with Crippen LogP contribution in [0.15, 0.2) is 0 Å². The maximum Gasteiger partial charge on any atom is 0.308 e. The SMILES string of the molecule is COC(=O)C1CCN(C(=O)C2(CN)CCC2)CC1.